The van der Waals surface area contributed by atoms with Crippen LogP contribution in [0.25, 0.3) is 11.0 Å². The molecule has 0 spiro atoms. The number of fused-ring (bicyclic) bond motifs is 1. The number of rotatable bonds is 7. The molecule has 0 bridgehead atoms. The highest BCUT2D eigenvalue weighted by Crippen LogP contribution is 2.24. The summed E-state index contributed by atoms with van der Waals surface area (Å²) in [7, 11) is 0. The summed E-state index contributed by atoms with van der Waals surface area (Å²) in [5.74, 6) is 0. The number of aromatic amines is 1. The fourth-order valence-corrected chi connectivity index (χ4v) is 2.76. The average molecular weight is 307 g/mol. The Morgan fingerprint density at radius 1 is 1.38 bits per heavy atom. The van der Waals surface area contributed by atoms with Crippen LogP contribution in [0.2, 0.25) is 0 Å². The van der Waals surface area contributed by atoms with E-state index in [2.05, 4.69) is 16.9 Å². The molecular formula is C14H17N3O3S. The van der Waals surface area contributed by atoms with Gasteiger partial charge in [0.2, 0.25) is 0 Å². The Hall–Kier alpha value is -1.89. The number of non-ortho nitro benzene ring substituents is 1. The smallest absolute Gasteiger partial charge is 0.271 e. The Morgan fingerprint density at radius 3 is 2.90 bits per heavy atom. The summed E-state index contributed by atoms with van der Waals surface area (Å²) in [6.07, 6.45) is 4.78. The van der Waals surface area contributed by atoms with E-state index in [-0.39, 0.29) is 10.8 Å². The number of hydrogen-bond donors (Lipinski definition) is 1. The Kier molecular flexibility index (Phi) is 5.32. The first kappa shape index (κ1) is 15.5. The molecule has 6 nitrogen and oxygen atoms in total. The molecule has 21 heavy (non-hydrogen) atoms. The molecule has 1 N–H and O–H groups in total. The number of nitrogens with one attached hydrogen (secondary N) is 1. The second-order valence-electron chi connectivity index (χ2n) is 4.79. The molecule has 0 aliphatic carbocycles. The number of H-pyrrole nitrogens is 1. The highest BCUT2D eigenvalue weighted by Gasteiger charge is 2.12. The summed E-state index contributed by atoms with van der Waals surface area (Å²) in [4.78, 5) is 29.3. The van der Waals surface area contributed by atoms with Gasteiger partial charge in [0.15, 0.2) is 10.3 Å². The molecule has 2 rings (SSSR count). The fourth-order valence-electron chi connectivity index (χ4n) is 1.99. The predicted octanol–water partition coefficient (Wildman–Crippen LogP) is 4.06. The number of imidazole rings is 1. The number of carbonyl (C=O) groups excluding carboxylic acids is 1. The van der Waals surface area contributed by atoms with Crippen molar-refractivity contribution in [3.63, 3.8) is 0 Å². The first-order valence-electron chi connectivity index (χ1n) is 6.95. The predicted molar refractivity (Wildman–Crippen MR) is 82.4 cm³/mol. The number of nitro benzene ring substituents is 1. The van der Waals surface area contributed by atoms with Crippen LogP contribution in [0.15, 0.2) is 23.4 Å². The molecule has 1 aromatic heterocycles. The van der Waals surface area contributed by atoms with Gasteiger partial charge in [-0.15, -0.1) is 0 Å². The summed E-state index contributed by atoms with van der Waals surface area (Å²) in [6.45, 7) is 2.13. The first-order chi connectivity index (χ1) is 10.1. The molecule has 0 saturated heterocycles. The standard InChI is InChI=1S/C14H17N3O3S/c1-2-3-4-5-6-13(18)21-14-15-11-8-7-10(17(19)20)9-12(11)16-14/h7-9H,2-6H2,1H3,(H,15,16). The van der Waals surface area contributed by atoms with Crippen LogP contribution in [-0.4, -0.2) is 20.0 Å². The minimum atomic E-state index is -0.452. The van der Waals surface area contributed by atoms with Crippen molar-refractivity contribution < 1.29 is 9.72 Å². The van der Waals surface area contributed by atoms with Crippen molar-refractivity contribution in [2.45, 2.75) is 44.2 Å². The monoisotopic (exact) mass is 307 g/mol. The molecule has 1 aromatic carbocycles. The maximum absolute atomic E-state index is 11.8. The summed E-state index contributed by atoms with van der Waals surface area (Å²) in [5, 5.41) is 11.3. The molecule has 0 amide bonds. The van der Waals surface area contributed by atoms with Gasteiger partial charge in [-0.25, -0.2) is 4.98 Å². The van der Waals surface area contributed by atoms with Crippen LogP contribution in [-0.2, 0) is 4.79 Å². The fraction of sp³-hybridized carbons (Fsp3) is 0.429. The molecule has 0 radical (unpaired) electrons. The summed E-state index contributed by atoms with van der Waals surface area (Å²) in [5.41, 5.74) is 1.21. The third-order valence-corrected chi connectivity index (χ3v) is 3.92. The lowest BCUT2D eigenvalue weighted by Crippen LogP contribution is -1.92. The van der Waals surface area contributed by atoms with Gasteiger partial charge in [0.05, 0.1) is 16.0 Å². The normalized spacial score (nSPS) is 10.9. The maximum atomic E-state index is 11.8. The van der Waals surface area contributed by atoms with Crippen molar-refractivity contribution in [3.05, 3.63) is 28.3 Å². The zero-order chi connectivity index (χ0) is 15.2. The highest BCUT2D eigenvalue weighted by molar-refractivity contribution is 8.13. The molecule has 0 unspecified atom stereocenters. The molecule has 0 aliphatic rings. The minimum Gasteiger partial charge on any atom is -0.332 e. The quantitative estimate of drug-likeness (QED) is 0.360. The Balaban J connectivity index is 1.99. The van der Waals surface area contributed by atoms with Gasteiger partial charge in [0.25, 0.3) is 5.69 Å². The molecule has 2 aromatic rings. The lowest BCUT2D eigenvalue weighted by Gasteiger charge is -1.97. The first-order valence-corrected chi connectivity index (χ1v) is 7.76. The summed E-state index contributed by atoms with van der Waals surface area (Å²) in [6, 6.07) is 4.42. The van der Waals surface area contributed by atoms with Crippen LogP contribution in [0.1, 0.15) is 39.0 Å². The van der Waals surface area contributed by atoms with Crippen molar-refractivity contribution in [3.8, 4) is 0 Å². The summed E-state index contributed by atoms with van der Waals surface area (Å²) < 4.78 is 0. The number of thioether (sulfide) groups is 1. The Bertz CT molecular complexity index is 654. The van der Waals surface area contributed by atoms with Crippen LogP contribution in [0.5, 0.6) is 0 Å². The van der Waals surface area contributed by atoms with E-state index in [0.717, 1.165) is 37.4 Å². The number of nitrogens with zero attached hydrogens (tertiary/aromatic N) is 2. The Morgan fingerprint density at radius 2 is 2.19 bits per heavy atom. The van der Waals surface area contributed by atoms with Gasteiger partial charge < -0.3 is 4.98 Å². The van der Waals surface area contributed by atoms with Gasteiger partial charge >= 0.3 is 0 Å². The third-order valence-electron chi connectivity index (χ3n) is 3.10. The van der Waals surface area contributed by atoms with Crippen LogP contribution in [0, 0.1) is 10.1 Å². The van der Waals surface area contributed by atoms with E-state index in [1.807, 2.05) is 0 Å². The van der Waals surface area contributed by atoms with Crippen molar-refractivity contribution in [2.75, 3.05) is 0 Å². The van der Waals surface area contributed by atoms with Gasteiger partial charge in [-0.1, -0.05) is 26.2 Å². The summed E-state index contributed by atoms with van der Waals surface area (Å²) >= 11 is 1.07. The van der Waals surface area contributed by atoms with Gasteiger partial charge in [-0.3, -0.25) is 14.9 Å². The van der Waals surface area contributed by atoms with Crippen LogP contribution in [0.3, 0.4) is 0 Å². The maximum Gasteiger partial charge on any atom is 0.271 e. The van der Waals surface area contributed by atoms with E-state index in [9.17, 15) is 14.9 Å². The number of aromatic nitrogens is 2. The average Bonchev–Trinajstić information content (AvgIpc) is 2.84. The molecule has 0 aliphatic heterocycles. The van der Waals surface area contributed by atoms with E-state index in [4.69, 9.17) is 0 Å². The van der Waals surface area contributed by atoms with Gasteiger partial charge in [-0.05, 0) is 24.2 Å². The number of unbranched alkanes of at least 4 members (excludes halogenated alkanes) is 3. The second kappa shape index (κ2) is 7.21. The van der Waals surface area contributed by atoms with Crippen molar-refractivity contribution in [1.82, 2.24) is 9.97 Å². The van der Waals surface area contributed by atoms with Gasteiger partial charge in [-0.2, -0.15) is 0 Å². The Labute approximate surface area is 126 Å². The second-order valence-corrected chi connectivity index (χ2v) is 5.83. The third kappa shape index (κ3) is 4.29. The zero-order valence-electron chi connectivity index (χ0n) is 11.8. The van der Waals surface area contributed by atoms with E-state index in [0.29, 0.717) is 22.6 Å². The lowest BCUT2D eigenvalue weighted by atomic mass is 10.2. The molecule has 0 fully saturated rings. The molecule has 0 atom stereocenters. The van der Waals surface area contributed by atoms with E-state index < -0.39 is 4.92 Å². The van der Waals surface area contributed by atoms with Crippen LogP contribution >= 0.6 is 11.8 Å². The molecule has 0 saturated carbocycles. The van der Waals surface area contributed by atoms with Crippen LogP contribution in [0.4, 0.5) is 5.69 Å². The molecule has 112 valence electrons. The number of hydrogen-bond acceptors (Lipinski definition) is 5. The number of nitro groups is 1. The molecular weight excluding hydrogens is 290 g/mol. The zero-order valence-corrected chi connectivity index (χ0v) is 12.6. The topological polar surface area (TPSA) is 88.9 Å². The minimum absolute atomic E-state index is 0.00796. The highest BCUT2D eigenvalue weighted by atomic mass is 32.2. The molecule has 7 heteroatoms. The van der Waals surface area contributed by atoms with E-state index in [1.54, 1.807) is 6.07 Å². The van der Waals surface area contributed by atoms with Gasteiger partial charge in [0, 0.05) is 18.6 Å². The largest absolute Gasteiger partial charge is 0.332 e. The van der Waals surface area contributed by atoms with E-state index in [1.165, 1.54) is 12.1 Å². The molecule has 1 heterocycles. The van der Waals surface area contributed by atoms with Gasteiger partial charge in [0.1, 0.15) is 0 Å². The van der Waals surface area contributed by atoms with E-state index >= 15 is 0 Å². The van der Waals surface area contributed by atoms with Crippen LogP contribution < -0.4 is 0 Å². The van der Waals surface area contributed by atoms with Crippen molar-refractivity contribution in [2.24, 2.45) is 0 Å². The van der Waals surface area contributed by atoms with Crippen molar-refractivity contribution >= 4 is 33.6 Å². The SMILES string of the molecule is CCCCCCC(=O)Sc1nc2ccc([N+](=O)[O-])cc2[nH]1. The van der Waals surface area contributed by atoms with Crippen molar-refractivity contribution in [1.29, 1.82) is 0 Å². The number of benzene rings is 1. The lowest BCUT2D eigenvalue weighted by molar-refractivity contribution is -0.384. The number of carbonyl (C=O) groups is 1.